The van der Waals surface area contributed by atoms with Crippen LogP contribution >= 0.6 is 23.2 Å². The van der Waals surface area contributed by atoms with Crippen LogP contribution in [-0.2, 0) is 11.3 Å². The molecule has 6 heteroatoms. The number of benzene rings is 2. The zero-order valence-electron chi connectivity index (χ0n) is 11.5. The molecule has 0 fully saturated rings. The molecule has 0 saturated heterocycles. The van der Waals surface area contributed by atoms with E-state index < -0.39 is 0 Å². The Bertz CT molecular complexity index is 709. The van der Waals surface area contributed by atoms with Gasteiger partial charge in [0.2, 0.25) is 0 Å². The van der Waals surface area contributed by atoms with Crippen LogP contribution in [0, 0.1) is 11.3 Å². The highest BCUT2D eigenvalue weighted by Gasteiger charge is 2.06. The predicted octanol–water partition coefficient (Wildman–Crippen LogP) is 3.56. The van der Waals surface area contributed by atoms with Crippen LogP contribution < -0.4 is 10.1 Å². The van der Waals surface area contributed by atoms with Crippen LogP contribution in [0.15, 0.2) is 42.5 Å². The number of nitriles is 1. The van der Waals surface area contributed by atoms with Crippen molar-refractivity contribution in [1.29, 1.82) is 5.26 Å². The summed E-state index contributed by atoms with van der Waals surface area (Å²) in [6.07, 6.45) is 0. The lowest BCUT2D eigenvalue weighted by Crippen LogP contribution is -2.28. The van der Waals surface area contributed by atoms with Gasteiger partial charge in [0.05, 0.1) is 16.7 Å². The van der Waals surface area contributed by atoms with Gasteiger partial charge in [-0.05, 0) is 35.9 Å². The minimum atomic E-state index is -0.268. The van der Waals surface area contributed by atoms with Crippen LogP contribution in [0.1, 0.15) is 11.1 Å². The number of hydrogen-bond acceptors (Lipinski definition) is 3. The fourth-order valence-electron chi connectivity index (χ4n) is 1.68. The van der Waals surface area contributed by atoms with Crippen molar-refractivity contribution < 1.29 is 9.53 Å². The number of nitrogens with one attached hydrogen (secondary N) is 1. The number of hydrogen-bond donors (Lipinski definition) is 1. The highest BCUT2D eigenvalue weighted by atomic mass is 35.5. The van der Waals surface area contributed by atoms with E-state index in [4.69, 9.17) is 33.2 Å². The Hall–Kier alpha value is -2.22. The molecule has 4 nitrogen and oxygen atoms in total. The highest BCUT2D eigenvalue weighted by Crippen LogP contribution is 2.27. The lowest BCUT2D eigenvalue weighted by atomic mass is 10.1. The van der Waals surface area contributed by atoms with Crippen molar-refractivity contribution in [2.24, 2.45) is 0 Å². The standard InChI is InChI=1S/C16H12Cl2N2O2/c17-13-5-6-15(14(18)7-13)22-10-16(21)20-9-12-3-1-11(8-19)2-4-12/h1-7H,9-10H2,(H,20,21). The molecule has 0 unspecified atom stereocenters. The molecular weight excluding hydrogens is 323 g/mol. The van der Waals surface area contributed by atoms with E-state index in [1.165, 1.54) is 0 Å². The van der Waals surface area contributed by atoms with Crippen molar-refractivity contribution >= 4 is 29.1 Å². The van der Waals surface area contributed by atoms with Crippen molar-refractivity contribution in [3.05, 3.63) is 63.6 Å². The van der Waals surface area contributed by atoms with Gasteiger partial charge in [0, 0.05) is 11.6 Å². The van der Waals surface area contributed by atoms with E-state index in [1.807, 2.05) is 6.07 Å². The molecular formula is C16H12Cl2N2O2. The number of halogens is 2. The van der Waals surface area contributed by atoms with Gasteiger partial charge in [-0.25, -0.2) is 0 Å². The molecule has 0 saturated carbocycles. The average molecular weight is 335 g/mol. The Morgan fingerprint density at radius 1 is 1.18 bits per heavy atom. The smallest absolute Gasteiger partial charge is 0.258 e. The third-order valence-electron chi connectivity index (χ3n) is 2.83. The molecule has 0 radical (unpaired) electrons. The Balaban J connectivity index is 1.81. The third-order valence-corrected chi connectivity index (χ3v) is 3.36. The minimum Gasteiger partial charge on any atom is -0.482 e. The molecule has 0 atom stereocenters. The molecule has 1 N–H and O–H groups in total. The quantitative estimate of drug-likeness (QED) is 0.909. The van der Waals surface area contributed by atoms with E-state index in [0.717, 1.165) is 5.56 Å². The normalized spacial score (nSPS) is 9.86. The minimum absolute atomic E-state index is 0.141. The van der Waals surface area contributed by atoms with Crippen molar-refractivity contribution in [3.63, 3.8) is 0 Å². The molecule has 2 aromatic rings. The molecule has 0 aliphatic carbocycles. The molecule has 112 valence electrons. The Kier molecular flexibility index (Phi) is 5.65. The third kappa shape index (κ3) is 4.66. The first-order valence-electron chi connectivity index (χ1n) is 6.42. The predicted molar refractivity (Wildman–Crippen MR) is 85.0 cm³/mol. The number of rotatable bonds is 5. The lowest BCUT2D eigenvalue weighted by molar-refractivity contribution is -0.123. The maximum Gasteiger partial charge on any atom is 0.258 e. The molecule has 0 spiro atoms. The summed E-state index contributed by atoms with van der Waals surface area (Å²) in [6, 6.07) is 13.8. The molecule has 2 rings (SSSR count). The number of amides is 1. The first-order chi connectivity index (χ1) is 10.6. The maximum absolute atomic E-state index is 11.7. The van der Waals surface area contributed by atoms with E-state index in [0.29, 0.717) is 27.9 Å². The molecule has 1 amide bonds. The first kappa shape index (κ1) is 16.2. The van der Waals surface area contributed by atoms with Crippen LogP contribution in [0.5, 0.6) is 5.75 Å². The second-order valence-corrected chi connectivity index (χ2v) is 5.29. The van der Waals surface area contributed by atoms with Gasteiger partial charge in [0.15, 0.2) is 6.61 Å². The summed E-state index contributed by atoms with van der Waals surface area (Å²) in [7, 11) is 0. The Morgan fingerprint density at radius 2 is 1.91 bits per heavy atom. The van der Waals surface area contributed by atoms with Crippen LogP contribution in [0.2, 0.25) is 10.0 Å². The van der Waals surface area contributed by atoms with E-state index in [9.17, 15) is 4.79 Å². The molecule has 22 heavy (non-hydrogen) atoms. The van der Waals surface area contributed by atoms with Gasteiger partial charge in [-0.2, -0.15) is 5.26 Å². The van der Waals surface area contributed by atoms with Crippen molar-refractivity contribution in [2.75, 3.05) is 6.61 Å². The molecule has 0 aliphatic rings. The van der Waals surface area contributed by atoms with E-state index >= 15 is 0 Å². The van der Waals surface area contributed by atoms with E-state index in [1.54, 1.807) is 42.5 Å². The second-order valence-electron chi connectivity index (χ2n) is 4.45. The zero-order valence-corrected chi connectivity index (χ0v) is 13.0. The van der Waals surface area contributed by atoms with Gasteiger partial charge in [-0.15, -0.1) is 0 Å². The van der Waals surface area contributed by atoms with Gasteiger partial charge in [-0.1, -0.05) is 35.3 Å². The second kappa shape index (κ2) is 7.69. The summed E-state index contributed by atoms with van der Waals surface area (Å²) in [6.45, 7) is 0.222. The summed E-state index contributed by atoms with van der Waals surface area (Å²) < 4.78 is 5.33. The number of nitrogens with zero attached hydrogens (tertiary/aromatic N) is 1. The molecule has 0 bridgehead atoms. The van der Waals surface area contributed by atoms with E-state index in [-0.39, 0.29) is 12.5 Å². The largest absolute Gasteiger partial charge is 0.482 e. The number of carbonyl (C=O) groups excluding carboxylic acids is 1. The zero-order chi connectivity index (χ0) is 15.9. The molecule has 0 aromatic heterocycles. The fourth-order valence-corrected chi connectivity index (χ4v) is 2.15. The summed E-state index contributed by atoms with van der Waals surface area (Å²) >= 11 is 11.7. The highest BCUT2D eigenvalue weighted by molar-refractivity contribution is 6.35. The topological polar surface area (TPSA) is 62.1 Å². The monoisotopic (exact) mass is 334 g/mol. The van der Waals surface area contributed by atoms with Gasteiger partial charge >= 0.3 is 0 Å². The van der Waals surface area contributed by atoms with Crippen LogP contribution in [0.3, 0.4) is 0 Å². The van der Waals surface area contributed by atoms with E-state index in [2.05, 4.69) is 5.32 Å². The van der Waals surface area contributed by atoms with Gasteiger partial charge in [0.25, 0.3) is 5.91 Å². The fraction of sp³-hybridized carbons (Fsp3) is 0.125. The maximum atomic E-state index is 11.7. The van der Waals surface area contributed by atoms with Crippen molar-refractivity contribution in [3.8, 4) is 11.8 Å². The van der Waals surface area contributed by atoms with Crippen LogP contribution in [-0.4, -0.2) is 12.5 Å². The SMILES string of the molecule is N#Cc1ccc(CNC(=O)COc2ccc(Cl)cc2Cl)cc1. The summed E-state index contributed by atoms with van der Waals surface area (Å²) in [5, 5.41) is 12.3. The Morgan fingerprint density at radius 3 is 2.55 bits per heavy atom. The molecule has 0 heterocycles. The van der Waals surface area contributed by atoms with Gasteiger partial charge < -0.3 is 10.1 Å². The van der Waals surface area contributed by atoms with Crippen molar-refractivity contribution in [1.82, 2.24) is 5.32 Å². The first-order valence-corrected chi connectivity index (χ1v) is 7.17. The number of ether oxygens (including phenoxy) is 1. The average Bonchev–Trinajstić information content (AvgIpc) is 2.52. The molecule has 0 aliphatic heterocycles. The summed E-state index contributed by atoms with van der Waals surface area (Å²) in [5.41, 5.74) is 1.48. The molecule has 2 aromatic carbocycles. The number of carbonyl (C=O) groups is 1. The summed E-state index contributed by atoms with van der Waals surface area (Å²) in [5.74, 6) is 0.134. The lowest BCUT2D eigenvalue weighted by Gasteiger charge is -2.09. The van der Waals surface area contributed by atoms with Gasteiger partial charge in [0.1, 0.15) is 5.75 Å². The van der Waals surface area contributed by atoms with Crippen LogP contribution in [0.25, 0.3) is 0 Å². The summed E-state index contributed by atoms with van der Waals surface area (Å²) in [4.78, 5) is 11.7. The van der Waals surface area contributed by atoms with Crippen molar-refractivity contribution in [2.45, 2.75) is 6.54 Å². The van der Waals surface area contributed by atoms with Gasteiger partial charge in [-0.3, -0.25) is 4.79 Å². The van der Waals surface area contributed by atoms with Crippen LogP contribution in [0.4, 0.5) is 0 Å². The Labute approximate surface area is 138 Å².